The topological polar surface area (TPSA) is 124 Å². The number of benzene rings is 2. The van der Waals surface area contributed by atoms with Gasteiger partial charge in [0.25, 0.3) is 5.91 Å². The number of anilines is 1. The van der Waals surface area contributed by atoms with Crippen molar-refractivity contribution in [1.82, 2.24) is 10.4 Å². The normalized spacial score (nSPS) is 16.8. The van der Waals surface area contributed by atoms with Crippen LogP contribution in [0, 0.1) is 5.82 Å². The van der Waals surface area contributed by atoms with Gasteiger partial charge in [-0.2, -0.15) is 5.01 Å². The van der Waals surface area contributed by atoms with Gasteiger partial charge in [0.15, 0.2) is 5.54 Å². The second-order valence-corrected chi connectivity index (χ2v) is 12.7. The largest absolute Gasteiger partial charge is 0.497 e. The number of ether oxygens (including phenoxy) is 4. The summed E-state index contributed by atoms with van der Waals surface area (Å²) >= 11 is 0. The Hall–Kier alpha value is -4.35. The summed E-state index contributed by atoms with van der Waals surface area (Å²) in [6.45, 7) is 14.5. The third-order valence-corrected chi connectivity index (χ3v) is 5.70. The second kappa shape index (κ2) is 11.1. The first kappa shape index (κ1) is 32.2. The fourth-order valence-corrected chi connectivity index (χ4v) is 4.28. The molecule has 0 fully saturated rings. The van der Waals surface area contributed by atoms with Gasteiger partial charge in [0.2, 0.25) is 0 Å². The minimum absolute atomic E-state index is 0.0244. The van der Waals surface area contributed by atoms with Gasteiger partial charge in [-0.3, -0.25) is 4.79 Å². The smallest absolute Gasteiger partial charge is 0.431 e. The Labute approximate surface area is 244 Å². The first-order chi connectivity index (χ1) is 19.2. The number of hydrogen-bond donors (Lipinski definition) is 1. The summed E-state index contributed by atoms with van der Waals surface area (Å²) < 4.78 is 36.2. The maximum Gasteiger partial charge on any atom is 0.431 e. The van der Waals surface area contributed by atoms with Crippen molar-refractivity contribution in [1.29, 1.82) is 0 Å². The van der Waals surface area contributed by atoms with Crippen LogP contribution in [0.1, 0.15) is 73.4 Å². The number of methoxy groups -OCH3 is 1. The van der Waals surface area contributed by atoms with Gasteiger partial charge in [-0.15, -0.1) is 0 Å². The number of halogens is 1. The van der Waals surface area contributed by atoms with Crippen molar-refractivity contribution < 1.29 is 42.5 Å². The third kappa shape index (κ3) is 6.75. The van der Waals surface area contributed by atoms with E-state index in [-0.39, 0.29) is 22.6 Å². The molecule has 1 aliphatic heterocycles. The lowest BCUT2D eigenvalue weighted by atomic mass is 9.83. The van der Waals surface area contributed by atoms with Crippen LogP contribution in [-0.2, 0) is 24.5 Å². The average molecular weight is 588 g/mol. The predicted molar refractivity (Wildman–Crippen MR) is 151 cm³/mol. The molecule has 2 aromatic carbocycles. The van der Waals surface area contributed by atoms with E-state index in [1.165, 1.54) is 37.4 Å². The molecule has 0 bridgehead atoms. The average Bonchev–Trinajstić information content (AvgIpc) is 3.07. The fourth-order valence-electron chi connectivity index (χ4n) is 4.28. The SMILES string of the molecule is COc1ccc2c(c1)[C@@](c1ccc(F)cc1)(N(NC(=O)OC(C)(C)C)C(=O)OC(C)(C)C)C(=O)N2C(=O)OC(C)(C)C. The van der Waals surface area contributed by atoms with E-state index in [1.807, 2.05) is 0 Å². The van der Waals surface area contributed by atoms with Crippen LogP contribution in [0.15, 0.2) is 42.5 Å². The second-order valence-electron chi connectivity index (χ2n) is 12.7. The Morgan fingerprint density at radius 2 is 1.38 bits per heavy atom. The summed E-state index contributed by atoms with van der Waals surface area (Å²) in [4.78, 5) is 56.2. The summed E-state index contributed by atoms with van der Waals surface area (Å²) in [6.07, 6.45) is -3.29. The highest BCUT2D eigenvalue weighted by atomic mass is 19.1. The highest BCUT2D eigenvalue weighted by Gasteiger charge is 2.62. The van der Waals surface area contributed by atoms with Crippen molar-refractivity contribution in [2.75, 3.05) is 12.0 Å². The van der Waals surface area contributed by atoms with E-state index < -0.39 is 52.3 Å². The molecule has 11 nitrogen and oxygen atoms in total. The van der Waals surface area contributed by atoms with Crippen LogP contribution in [0.5, 0.6) is 5.75 Å². The van der Waals surface area contributed by atoms with Crippen molar-refractivity contribution in [2.45, 2.75) is 84.7 Å². The molecule has 4 amide bonds. The first-order valence-electron chi connectivity index (χ1n) is 13.2. The van der Waals surface area contributed by atoms with E-state index in [0.717, 1.165) is 17.0 Å². The zero-order valence-corrected chi connectivity index (χ0v) is 25.6. The van der Waals surface area contributed by atoms with Gasteiger partial charge in [-0.05, 0) is 98.2 Å². The molecule has 228 valence electrons. The molecule has 1 heterocycles. The van der Waals surface area contributed by atoms with E-state index in [2.05, 4.69) is 5.43 Å². The Kier molecular flexibility index (Phi) is 8.54. The van der Waals surface area contributed by atoms with Crippen LogP contribution in [0.4, 0.5) is 24.5 Å². The maximum atomic E-state index is 14.7. The molecule has 0 radical (unpaired) electrons. The number of carbonyl (C=O) groups is 4. The minimum atomic E-state index is -2.31. The summed E-state index contributed by atoms with van der Waals surface area (Å²) in [7, 11) is 1.40. The van der Waals surface area contributed by atoms with Crippen molar-refractivity contribution in [2.24, 2.45) is 0 Å². The summed E-state index contributed by atoms with van der Waals surface area (Å²) in [5.41, 5.74) is -2.90. The predicted octanol–water partition coefficient (Wildman–Crippen LogP) is 6.04. The van der Waals surface area contributed by atoms with Crippen LogP contribution >= 0.6 is 0 Å². The summed E-state index contributed by atoms with van der Waals surface area (Å²) in [5, 5.41) is 0.657. The number of imide groups is 1. The van der Waals surface area contributed by atoms with E-state index in [9.17, 15) is 23.6 Å². The van der Waals surface area contributed by atoms with Gasteiger partial charge in [-0.25, -0.2) is 29.1 Å². The molecular weight excluding hydrogens is 549 g/mol. The van der Waals surface area contributed by atoms with Crippen molar-refractivity contribution in [3.05, 3.63) is 59.4 Å². The van der Waals surface area contributed by atoms with Gasteiger partial charge >= 0.3 is 18.3 Å². The molecule has 1 atom stereocenters. The standard InChI is InChI=1S/C30H38FN3O8/c1-27(2,3)40-24(36)32-34(26(38)42-29(7,8)9)30(18-11-13-19(31)14-12-18)21-17-20(39-10)15-16-22(21)33(23(30)35)25(37)41-28(4,5)6/h11-17H,1-10H3,(H,32,36)/t30-/m1/s1. The molecule has 42 heavy (non-hydrogen) atoms. The zero-order chi connectivity index (χ0) is 31.8. The molecular formula is C30H38FN3O8. The van der Waals surface area contributed by atoms with E-state index in [1.54, 1.807) is 62.3 Å². The molecule has 3 rings (SSSR count). The third-order valence-electron chi connectivity index (χ3n) is 5.70. The molecule has 1 aliphatic rings. The van der Waals surface area contributed by atoms with E-state index >= 15 is 0 Å². The lowest BCUT2D eigenvalue weighted by Crippen LogP contribution is -2.64. The highest BCUT2D eigenvalue weighted by molar-refractivity contribution is 6.23. The number of hydrogen-bond acceptors (Lipinski definition) is 8. The van der Waals surface area contributed by atoms with Crippen LogP contribution in [-0.4, -0.2) is 53.1 Å². The minimum Gasteiger partial charge on any atom is -0.497 e. The van der Waals surface area contributed by atoms with Crippen molar-refractivity contribution in [3.8, 4) is 5.75 Å². The summed E-state index contributed by atoms with van der Waals surface area (Å²) in [6, 6.07) is 9.11. The molecule has 2 aromatic rings. The molecule has 0 saturated carbocycles. The Morgan fingerprint density at radius 3 is 1.88 bits per heavy atom. The van der Waals surface area contributed by atoms with Gasteiger partial charge in [0.1, 0.15) is 28.4 Å². The number of amides is 4. The lowest BCUT2D eigenvalue weighted by Gasteiger charge is -2.40. The zero-order valence-electron chi connectivity index (χ0n) is 25.6. The monoisotopic (exact) mass is 587 g/mol. The molecule has 0 aliphatic carbocycles. The quantitative estimate of drug-likeness (QED) is 0.341. The van der Waals surface area contributed by atoms with Gasteiger partial charge in [-0.1, -0.05) is 12.1 Å². The number of hydrazine groups is 1. The van der Waals surface area contributed by atoms with Gasteiger partial charge in [0, 0.05) is 5.56 Å². The number of nitrogens with one attached hydrogen (secondary N) is 1. The van der Waals surface area contributed by atoms with Crippen LogP contribution < -0.4 is 15.1 Å². The summed E-state index contributed by atoms with van der Waals surface area (Å²) in [5.74, 6) is -1.37. The molecule has 0 aromatic heterocycles. The van der Waals surface area contributed by atoms with Crippen molar-refractivity contribution >= 4 is 29.9 Å². The number of nitrogens with zero attached hydrogens (tertiary/aromatic N) is 2. The number of rotatable bonds is 3. The Morgan fingerprint density at radius 1 is 0.833 bits per heavy atom. The van der Waals surface area contributed by atoms with Crippen LogP contribution in [0.25, 0.3) is 0 Å². The molecule has 0 spiro atoms. The van der Waals surface area contributed by atoms with Crippen LogP contribution in [0.3, 0.4) is 0 Å². The van der Waals surface area contributed by atoms with Gasteiger partial charge in [0.05, 0.1) is 12.8 Å². The van der Waals surface area contributed by atoms with E-state index in [4.69, 9.17) is 18.9 Å². The lowest BCUT2D eigenvalue weighted by molar-refractivity contribution is -0.129. The fraction of sp³-hybridized carbons (Fsp3) is 0.467. The van der Waals surface area contributed by atoms with Crippen molar-refractivity contribution in [3.63, 3.8) is 0 Å². The maximum absolute atomic E-state index is 14.7. The molecule has 1 N–H and O–H groups in total. The molecule has 0 unspecified atom stereocenters. The molecule has 12 heteroatoms. The van der Waals surface area contributed by atoms with E-state index in [0.29, 0.717) is 5.01 Å². The Balaban J connectivity index is 2.43. The van der Waals surface area contributed by atoms with Crippen LogP contribution in [0.2, 0.25) is 0 Å². The Bertz CT molecular complexity index is 1370. The molecule has 0 saturated heterocycles. The number of carbonyl (C=O) groups excluding carboxylic acids is 4. The first-order valence-corrected chi connectivity index (χ1v) is 13.2. The van der Waals surface area contributed by atoms with Gasteiger partial charge < -0.3 is 18.9 Å². The highest BCUT2D eigenvalue weighted by Crippen LogP contribution is 2.50. The number of fused-ring (bicyclic) bond motifs is 1.